The van der Waals surface area contributed by atoms with Gasteiger partial charge in [-0.2, -0.15) is 4.98 Å². The molecule has 2 saturated heterocycles. The van der Waals surface area contributed by atoms with Crippen LogP contribution in [0.2, 0.25) is 0 Å². The Morgan fingerprint density at radius 3 is 2.28 bits per heavy atom. The largest absolute Gasteiger partial charge is 0.481 e. The summed E-state index contributed by atoms with van der Waals surface area (Å²) in [6, 6.07) is 7.88. The molecule has 36 heavy (non-hydrogen) atoms. The lowest BCUT2D eigenvalue weighted by Crippen LogP contribution is -2.40. The van der Waals surface area contributed by atoms with E-state index >= 15 is 0 Å². The average molecular weight is 560 g/mol. The van der Waals surface area contributed by atoms with E-state index in [2.05, 4.69) is 47.2 Å². The quantitative estimate of drug-likeness (QED) is 0.430. The molecule has 8 nitrogen and oxygen atoms in total. The van der Waals surface area contributed by atoms with Crippen molar-refractivity contribution in [2.24, 2.45) is 5.41 Å². The third-order valence-electron chi connectivity index (χ3n) is 7.74. The molecule has 3 aliphatic rings. The topological polar surface area (TPSA) is 72.2 Å². The minimum absolute atomic E-state index is 0.186. The van der Waals surface area contributed by atoms with Crippen molar-refractivity contribution in [1.29, 1.82) is 0 Å². The van der Waals surface area contributed by atoms with Gasteiger partial charge in [0.2, 0.25) is 11.8 Å². The molecule has 2 aliphatic heterocycles. The second-order valence-electron chi connectivity index (χ2n) is 10.1. The number of ether oxygens (including phenoxy) is 1. The number of nitrogens with zero attached hydrogens (tertiary/aromatic N) is 7. The Kier molecular flexibility index (Phi) is 5.85. The number of hydrogen-bond donors (Lipinski definition) is 0. The lowest BCUT2D eigenvalue weighted by Gasteiger charge is -2.35. The van der Waals surface area contributed by atoms with Gasteiger partial charge in [-0.05, 0) is 49.3 Å². The van der Waals surface area contributed by atoms with Crippen molar-refractivity contribution in [1.82, 2.24) is 25.0 Å². The summed E-state index contributed by atoms with van der Waals surface area (Å²) < 4.78 is 35.5. The highest BCUT2D eigenvalue weighted by Crippen LogP contribution is 2.54. The van der Waals surface area contributed by atoms with Gasteiger partial charge in [-0.25, -0.2) is 18.4 Å². The van der Waals surface area contributed by atoms with E-state index in [0.717, 1.165) is 28.9 Å². The Balaban J connectivity index is 1.29. The summed E-state index contributed by atoms with van der Waals surface area (Å²) in [7, 11) is 1.52. The van der Waals surface area contributed by atoms with Gasteiger partial charge in [0.05, 0.1) is 24.7 Å². The standard InChI is InChI=1S/C25H28BrF2N7O/c1-36-22-15-18(29-23(30-22)34-12-8-25(27,28)9-13-34)19-16-35(32-31-19)20-3-2-17(26)14-21(20)33-10-6-24(4-5-24)7-11-33/h2-3,14-16H,4-13H2,1H3. The van der Waals surface area contributed by atoms with Gasteiger partial charge in [0.15, 0.2) is 0 Å². The van der Waals surface area contributed by atoms with Gasteiger partial charge in [0.25, 0.3) is 5.92 Å². The van der Waals surface area contributed by atoms with Crippen LogP contribution in [0.5, 0.6) is 5.88 Å². The smallest absolute Gasteiger partial charge is 0.251 e. The lowest BCUT2D eigenvalue weighted by atomic mass is 9.93. The maximum absolute atomic E-state index is 13.7. The summed E-state index contributed by atoms with van der Waals surface area (Å²) >= 11 is 3.63. The van der Waals surface area contributed by atoms with Gasteiger partial charge < -0.3 is 14.5 Å². The predicted octanol–water partition coefficient (Wildman–Crippen LogP) is 5.11. The number of alkyl halides is 2. The zero-order valence-corrected chi connectivity index (χ0v) is 21.7. The second kappa shape index (κ2) is 8.93. The maximum atomic E-state index is 13.7. The second-order valence-corrected chi connectivity index (χ2v) is 11.0. The van der Waals surface area contributed by atoms with Crippen molar-refractivity contribution in [2.45, 2.75) is 44.4 Å². The molecule has 0 radical (unpaired) electrons. The van der Waals surface area contributed by atoms with Crippen LogP contribution in [0.1, 0.15) is 38.5 Å². The molecular weight excluding hydrogens is 532 g/mol. The van der Waals surface area contributed by atoms with Crippen LogP contribution in [0.4, 0.5) is 20.4 Å². The van der Waals surface area contributed by atoms with Crippen LogP contribution in [-0.2, 0) is 0 Å². The molecule has 4 heterocycles. The number of aromatic nitrogens is 5. The minimum Gasteiger partial charge on any atom is -0.481 e. The van der Waals surface area contributed by atoms with E-state index in [4.69, 9.17) is 4.74 Å². The van der Waals surface area contributed by atoms with Crippen LogP contribution in [0.25, 0.3) is 17.1 Å². The molecule has 3 fully saturated rings. The van der Waals surface area contributed by atoms with Crippen molar-refractivity contribution in [3.05, 3.63) is 34.9 Å². The highest BCUT2D eigenvalue weighted by molar-refractivity contribution is 9.10. The van der Waals surface area contributed by atoms with Gasteiger partial charge in [-0.3, -0.25) is 0 Å². The molecule has 11 heteroatoms. The van der Waals surface area contributed by atoms with E-state index in [9.17, 15) is 8.78 Å². The van der Waals surface area contributed by atoms with Crippen molar-refractivity contribution in [3.63, 3.8) is 0 Å². The monoisotopic (exact) mass is 559 g/mol. The Hall–Kier alpha value is -2.82. The minimum atomic E-state index is -2.64. The van der Waals surface area contributed by atoms with Gasteiger partial charge in [0, 0.05) is 49.6 Å². The highest BCUT2D eigenvalue weighted by atomic mass is 79.9. The molecule has 1 spiro atoms. The van der Waals surface area contributed by atoms with E-state index in [-0.39, 0.29) is 25.9 Å². The summed E-state index contributed by atoms with van der Waals surface area (Å²) in [6.45, 7) is 2.44. The molecule has 190 valence electrons. The van der Waals surface area contributed by atoms with Crippen molar-refractivity contribution < 1.29 is 13.5 Å². The van der Waals surface area contributed by atoms with Crippen LogP contribution >= 0.6 is 15.9 Å². The van der Waals surface area contributed by atoms with E-state index in [1.807, 2.05) is 18.3 Å². The van der Waals surface area contributed by atoms with E-state index in [1.54, 1.807) is 15.6 Å². The Morgan fingerprint density at radius 1 is 0.861 bits per heavy atom. The first-order valence-electron chi connectivity index (χ1n) is 12.4. The fraction of sp³-hybridized carbons (Fsp3) is 0.520. The van der Waals surface area contributed by atoms with E-state index < -0.39 is 5.92 Å². The molecule has 0 bridgehead atoms. The molecular formula is C25H28BrF2N7O. The summed E-state index contributed by atoms with van der Waals surface area (Å²) in [5, 5.41) is 8.80. The Bertz CT molecular complexity index is 1260. The maximum Gasteiger partial charge on any atom is 0.251 e. The Morgan fingerprint density at radius 2 is 1.58 bits per heavy atom. The number of piperidine rings is 2. The molecule has 1 aromatic carbocycles. The molecule has 6 rings (SSSR count). The van der Waals surface area contributed by atoms with Crippen molar-refractivity contribution >= 4 is 27.6 Å². The average Bonchev–Trinajstić information content (AvgIpc) is 3.44. The number of hydrogen-bond acceptors (Lipinski definition) is 7. The summed E-state index contributed by atoms with van der Waals surface area (Å²) in [6.07, 6.45) is 6.59. The first-order chi connectivity index (χ1) is 17.3. The van der Waals surface area contributed by atoms with Gasteiger partial charge >= 0.3 is 0 Å². The first-order valence-corrected chi connectivity index (χ1v) is 13.2. The summed E-state index contributed by atoms with van der Waals surface area (Å²) in [4.78, 5) is 13.2. The molecule has 0 atom stereocenters. The van der Waals surface area contributed by atoms with Crippen molar-refractivity contribution in [2.75, 3.05) is 43.1 Å². The summed E-state index contributed by atoms with van der Waals surface area (Å²) in [5.74, 6) is -1.92. The third kappa shape index (κ3) is 4.65. The predicted molar refractivity (Wildman–Crippen MR) is 136 cm³/mol. The fourth-order valence-corrected chi connectivity index (χ4v) is 5.51. The molecule has 1 aliphatic carbocycles. The Labute approximate surface area is 216 Å². The molecule has 1 saturated carbocycles. The van der Waals surface area contributed by atoms with Crippen LogP contribution in [0, 0.1) is 5.41 Å². The zero-order chi connectivity index (χ0) is 24.9. The van der Waals surface area contributed by atoms with Gasteiger partial charge in [-0.1, -0.05) is 21.1 Å². The number of halogens is 3. The van der Waals surface area contributed by atoms with Gasteiger partial charge in [-0.15, -0.1) is 5.10 Å². The zero-order valence-electron chi connectivity index (χ0n) is 20.1. The summed E-state index contributed by atoms with van der Waals surface area (Å²) in [5.41, 5.74) is 3.75. The van der Waals surface area contributed by atoms with Crippen molar-refractivity contribution in [3.8, 4) is 23.0 Å². The molecule has 0 amide bonds. The first kappa shape index (κ1) is 23.6. The lowest BCUT2D eigenvalue weighted by molar-refractivity contribution is -0.0222. The molecule has 3 aromatic rings. The number of methoxy groups -OCH3 is 1. The molecule has 0 unspecified atom stereocenters. The third-order valence-corrected chi connectivity index (χ3v) is 8.23. The molecule has 2 aromatic heterocycles. The van der Waals surface area contributed by atoms with Crippen LogP contribution in [0.15, 0.2) is 34.9 Å². The van der Waals surface area contributed by atoms with Crippen LogP contribution in [-0.4, -0.2) is 64.2 Å². The number of benzene rings is 1. The SMILES string of the molecule is COc1cc(-c2cn(-c3ccc(Br)cc3N3CCC4(CC3)CC4)nn2)nc(N2CCC(F)(F)CC2)n1. The number of rotatable bonds is 5. The van der Waals surface area contributed by atoms with Gasteiger partial charge in [0.1, 0.15) is 11.4 Å². The normalized spacial score (nSPS) is 20.6. The van der Waals surface area contributed by atoms with E-state index in [1.165, 1.54) is 32.8 Å². The fourth-order valence-electron chi connectivity index (χ4n) is 5.17. The highest BCUT2D eigenvalue weighted by Gasteiger charge is 2.44. The van der Waals surface area contributed by atoms with E-state index in [0.29, 0.717) is 28.6 Å². The van der Waals surface area contributed by atoms with Crippen LogP contribution in [0.3, 0.4) is 0 Å². The number of anilines is 2. The molecule has 0 N–H and O–H groups in total. The van der Waals surface area contributed by atoms with Crippen LogP contribution < -0.4 is 14.5 Å².